The summed E-state index contributed by atoms with van der Waals surface area (Å²) in [7, 11) is 0. The van der Waals surface area contributed by atoms with Crippen LogP contribution in [0.15, 0.2) is 36.5 Å². The minimum absolute atomic E-state index is 0.0521. The van der Waals surface area contributed by atoms with Crippen molar-refractivity contribution in [1.29, 1.82) is 0 Å². The lowest BCUT2D eigenvalue weighted by Gasteiger charge is -2.26. The summed E-state index contributed by atoms with van der Waals surface area (Å²) in [5.74, 6) is -0.240. The molecular formula is C23H25ClN4O3. The second-order valence-corrected chi connectivity index (χ2v) is 9.12. The molecule has 5 rings (SSSR count). The molecule has 1 unspecified atom stereocenters. The van der Waals surface area contributed by atoms with E-state index >= 15 is 0 Å². The van der Waals surface area contributed by atoms with Crippen molar-refractivity contribution in [3.8, 4) is 0 Å². The lowest BCUT2D eigenvalue weighted by Crippen LogP contribution is -2.38. The number of halogens is 1. The molecule has 1 heterocycles. The Hall–Kier alpha value is -2.64. The van der Waals surface area contributed by atoms with Crippen molar-refractivity contribution >= 4 is 35.0 Å². The summed E-state index contributed by atoms with van der Waals surface area (Å²) in [5, 5.41) is 26.5. The number of fused-ring (bicyclic) bond motifs is 3. The van der Waals surface area contributed by atoms with E-state index < -0.39 is 11.9 Å². The number of allylic oxidation sites excluding steroid dienone is 1. The molecule has 3 aliphatic rings. The van der Waals surface area contributed by atoms with Crippen LogP contribution >= 0.6 is 11.6 Å². The number of benzene rings is 1. The van der Waals surface area contributed by atoms with Gasteiger partial charge in [0.15, 0.2) is 5.82 Å². The van der Waals surface area contributed by atoms with Gasteiger partial charge in [-0.15, -0.1) is 0 Å². The molecule has 1 aromatic heterocycles. The predicted octanol–water partition coefficient (Wildman–Crippen LogP) is 3.80. The third-order valence-electron chi connectivity index (χ3n) is 6.75. The Kier molecular flexibility index (Phi) is 5.32. The van der Waals surface area contributed by atoms with Gasteiger partial charge in [-0.3, -0.25) is 4.79 Å². The minimum atomic E-state index is -0.798. The zero-order valence-corrected chi connectivity index (χ0v) is 17.7. The van der Waals surface area contributed by atoms with Crippen LogP contribution < -0.4 is 10.6 Å². The number of hydrogen-bond acceptors (Lipinski definition) is 6. The summed E-state index contributed by atoms with van der Waals surface area (Å²) >= 11 is 6.33. The van der Waals surface area contributed by atoms with Crippen molar-refractivity contribution < 1.29 is 15.0 Å². The predicted molar refractivity (Wildman–Crippen MR) is 119 cm³/mol. The first-order valence-electron chi connectivity index (χ1n) is 10.7. The van der Waals surface area contributed by atoms with Gasteiger partial charge in [0.05, 0.1) is 18.2 Å². The van der Waals surface area contributed by atoms with Crippen LogP contribution in [-0.2, 0) is 17.6 Å². The molecule has 0 spiro atoms. The number of aliphatic hydroxyl groups excluding tert-OH is 1. The lowest BCUT2D eigenvalue weighted by molar-refractivity contribution is -0.142. The van der Waals surface area contributed by atoms with E-state index in [1.165, 1.54) is 17.3 Å². The third kappa shape index (κ3) is 4.00. The van der Waals surface area contributed by atoms with Gasteiger partial charge in [-0.05, 0) is 67.2 Å². The minimum Gasteiger partial charge on any atom is -0.481 e. The molecule has 162 valence electrons. The molecular weight excluding hydrogens is 416 g/mol. The third-order valence-corrected chi connectivity index (χ3v) is 7.02. The molecule has 1 fully saturated rings. The fourth-order valence-corrected chi connectivity index (χ4v) is 5.29. The number of aliphatic hydroxyl groups is 1. The van der Waals surface area contributed by atoms with Gasteiger partial charge in [-0.25, -0.2) is 4.98 Å². The number of aryl methyl sites for hydroxylation is 2. The standard InChI is InChI=1S/C23H25ClN4O3/c24-18-11-25-23(26-16-6-3-12-4-7-17(29)8-5-13(12)10-16)28-21(18)27-20-15-2-1-14(9-15)19(20)22(30)31/h1-3,6,10-11,14-15,17,19-20,29H,4-5,7-9H2,(H,30,31)(H2,25,26,27,28)/t14-,15+,17?,19+,20-/m1/s1. The van der Waals surface area contributed by atoms with E-state index in [0.717, 1.165) is 37.8 Å². The van der Waals surface area contributed by atoms with Crippen LogP contribution in [-0.4, -0.2) is 38.3 Å². The summed E-state index contributed by atoms with van der Waals surface area (Å²) in [6.45, 7) is 0. The average Bonchev–Trinajstić information content (AvgIpc) is 3.30. The molecule has 31 heavy (non-hydrogen) atoms. The van der Waals surface area contributed by atoms with Gasteiger partial charge in [0, 0.05) is 11.7 Å². The van der Waals surface area contributed by atoms with Gasteiger partial charge in [-0.2, -0.15) is 4.98 Å². The highest BCUT2D eigenvalue weighted by Crippen LogP contribution is 2.45. The number of anilines is 3. The Labute approximate surface area is 185 Å². The molecule has 0 amide bonds. The Bertz CT molecular complexity index is 1040. The Morgan fingerprint density at radius 2 is 1.90 bits per heavy atom. The summed E-state index contributed by atoms with van der Waals surface area (Å²) in [4.78, 5) is 20.6. The van der Waals surface area contributed by atoms with Gasteiger partial charge >= 0.3 is 5.97 Å². The van der Waals surface area contributed by atoms with Crippen LogP contribution in [0.5, 0.6) is 0 Å². The number of carboxylic acid groups (broad SMARTS) is 1. The van der Waals surface area contributed by atoms with Gasteiger partial charge < -0.3 is 20.8 Å². The molecule has 2 aromatic rings. The molecule has 0 saturated heterocycles. The molecule has 0 aliphatic heterocycles. The summed E-state index contributed by atoms with van der Waals surface area (Å²) in [6, 6.07) is 5.92. The quantitative estimate of drug-likeness (QED) is 0.413. The van der Waals surface area contributed by atoms with E-state index in [4.69, 9.17) is 11.6 Å². The van der Waals surface area contributed by atoms with Gasteiger partial charge in [0.25, 0.3) is 0 Å². The van der Waals surface area contributed by atoms with Crippen molar-refractivity contribution in [2.24, 2.45) is 17.8 Å². The smallest absolute Gasteiger partial charge is 0.309 e. The Morgan fingerprint density at radius 3 is 2.71 bits per heavy atom. The van der Waals surface area contributed by atoms with Crippen LogP contribution in [0.4, 0.5) is 17.5 Å². The highest BCUT2D eigenvalue weighted by Gasteiger charge is 2.48. The molecule has 7 nitrogen and oxygen atoms in total. The maximum Gasteiger partial charge on any atom is 0.309 e. The molecule has 2 bridgehead atoms. The van der Waals surface area contributed by atoms with Crippen molar-refractivity contribution in [1.82, 2.24) is 9.97 Å². The van der Waals surface area contributed by atoms with Gasteiger partial charge in [0.2, 0.25) is 5.95 Å². The van der Waals surface area contributed by atoms with E-state index in [2.05, 4.69) is 38.8 Å². The van der Waals surface area contributed by atoms with Gasteiger partial charge in [0.1, 0.15) is 5.02 Å². The molecule has 1 aromatic carbocycles. The number of nitrogens with one attached hydrogen (secondary N) is 2. The van der Waals surface area contributed by atoms with E-state index in [9.17, 15) is 15.0 Å². The fraction of sp³-hybridized carbons (Fsp3) is 0.435. The number of hydrogen-bond donors (Lipinski definition) is 4. The highest BCUT2D eigenvalue weighted by molar-refractivity contribution is 6.32. The highest BCUT2D eigenvalue weighted by atomic mass is 35.5. The maximum absolute atomic E-state index is 11.8. The van der Waals surface area contributed by atoms with Crippen molar-refractivity contribution in [3.63, 3.8) is 0 Å². The largest absolute Gasteiger partial charge is 0.481 e. The molecule has 4 N–H and O–H groups in total. The second kappa shape index (κ2) is 8.13. The fourth-order valence-electron chi connectivity index (χ4n) is 5.14. The first-order valence-corrected chi connectivity index (χ1v) is 11.1. The Morgan fingerprint density at radius 1 is 1.13 bits per heavy atom. The zero-order chi connectivity index (χ0) is 21.5. The topological polar surface area (TPSA) is 107 Å². The van der Waals surface area contributed by atoms with E-state index in [1.807, 2.05) is 12.1 Å². The first kappa shape index (κ1) is 20.3. The monoisotopic (exact) mass is 440 g/mol. The maximum atomic E-state index is 11.8. The zero-order valence-electron chi connectivity index (χ0n) is 17.0. The van der Waals surface area contributed by atoms with E-state index in [0.29, 0.717) is 16.8 Å². The number of nitrogens with zero attached hydrogens (tertiary/aromatic N) is 2. The second-order valence-electron chi connectivity index (χ2n) is 8.71. The van der Waals surface area contributed by atoms with Crippen LogP contribution in [0.25, 0.3) is 0 Å². The van der Waals surface area contributed by atoms with Crippen LogP contribution in [0.3, 0.4) is 0 Å². The normalized spacial score (nSPS) is 28.8. The number of carboxylic acids is 1. The van der Waals surface area contributed by atoms with Crippen molar-refractivity contribution in [3.05, 3.63) is 52.7 Å². The van der Waals surface area contributed by atoms with Crippen LogP contribution in [0, 0.1) is 17.8 Å². The lowest BCUT2D eigenvalue weighted by atomic mass is 9.89. The molecule has 3 aliphatic carbocycles. The molecule has 0 radical (unpaired) electrons. The van der Waals surface area contributed by atoms with Crippen LogP contribution in [0.1, 0.15) is 30.4 Å². The molecule has 5 atom stereocenters. The number of carbonyl (C=O) groups is 1. The summed E-state index contributed by atoms with van der Waals surface area (Å²) in [5.41, 5.74) is 3.37. The molecule has 1 saturated carbocycles. The van der Waals surface area contributed by atoms with Gasteiger partial charge in [-0.1, -0.05) is 29.8 Å². The molecule has 8 heteroatoms. The SMILES string of the molecule is O=C(O)[C@@H]1[C@H](Nc2nc(Nc3ccc4c(c3)CCC(O)CC4)ncc2Cl)[C@H]2C=C[C@@H]1C2. The number of aromatic nitrogens is 2. The van der Waals surface area contributed by atoms with E-state index in [1.54, 1.807) is 0 Å². The average molecular weight is 441 g/mol. The van der Waals surface area contributed by atoms with Crippen LogP contribution in [0.2, 0.25) is 5.02 Å². The van der Waals surface area contributed by atoms with E-state index in [-0.39, 0.29) is 24.0 Å². The number of rotatable bonds is 5. The summed E-state index contributed by atoms with van der Waals surface area (Å²) < 4.78 is 0. The summed E-state index contributed by atoms with van der Waals surface area (Å²) in [6.07, 6.45) is 9.50. The Balaban J connectivity index is 1.35. The number of aliphatic carboxylic acids is 1. The first-order chi connectivity index (χ1) is 15.0. The van der Waals surface area contributed by atoms with Crippen molar-refractivity contribution in [2.75, 3.05) is 10.6 Å². The van der Waals surface area contributed by atoms with Crippen molar-refractivity contribution in [2.45, 2.75) is 44.2 Å².